The van der Waals surface area contributed by atoms with Crippen molar-refractivity contribution in [3.63, 3.8) is 0 Å². The zero-order valence-corrected chi connectivity index (χ0v) is 14.0. The minimum absolute atomic E-state index is 0.0479. The number of benzene rings is 2. The van der Waals surface area contributed by atoms with Crippen molar-refractivity contribution in [2.75, 3.05) is 16.8 Å². The summed E-state index contributed by atoms with van der Waals surface area (Å²) in [4.78, 5) is 36.9. The molecule has 0 saturated carbocycles. The molecule has 2 rings (SSSR count). The monoisotopic (exact) mass is 324 g/mol. The van der Waals surface area contributed by atoms with Gasteiger partial charge in [-0.3, -0.25) is 14.4 Å². The average molecular weight is 324 g/mol. The Morgan fingerprint density at radius 3 is 2.12 bits per heavy atom. The third kappa shape index (κ3) is 4.29. The number of Topliss-reactive ketones (excluding diaryl/α,β-unsaturated/α-hetero) is 1. The Morgan fingerprint density at radius 1 is 0.958 bits per heavy atom. The summed E-state index contributed by atoms with van der Waals surface area (Å²) in [6, 6.07) is 14.1. The standard InChI is InChI=1S/C19H20N2O3/c1-13-6-4-5-7-18(13)20-19(24)12-21(15(3)23)17-10-8-16(9-11-17)14(2)22/h4-11H,12H2,1-3H3,(H,20,24). The predicted octanol–water partition coefficient (Wildman–Crippen LogP) is 3.19. The smallest absolute Gasteiger partial charge is 0.244 e. The molecule has 0 bridgehead atoms. The summed E-state index contributed by atoms with van der Waals surface area (Å²) >= 11 is 0. The largest absolute Gasteiger partial charge is 0.324 e. The van der Waals surface area contributed by atoms with Crippen molar-refractivity contribution in [2.24, 2.45) is 0 Å². The van der Waals surface area contributed by atoms with E-state index in [2.05, 4.69) is 5.32 Å². The lowest BCUT2D eigenvalue weighted by atomic mass is 10.1. The highest BCUT2D eigenvalue weighted by atomic mass is 16.2. The molecule has 0 atom stereocenters. The van der Waals surface area contributed by atoms with Crippen LogP contribution in [0, 0.1) is 6.92 Å². The number of aryl methyl sites for hydroxylation is 1. The summed E-state index contributed by atoms with van der Waals surface area (Å²) in [6.07, 6.45) is 0. The van der Waals surface area contributed by atoms with Crippen molar-refractivity contribution in [3.8, 4) is 0 Å². The minimum Gasteiger partial charge on any atom is -0.324 e. The van der Waals surface area contributed by atoms with Gasteiger partial charge in [-0.05, 0) is 49.7 Å². The number of ketones is 1. The normalized spacial score (nSPS) is 10.1. The molecule has 0 aliphatic heterocycles. The summed E-state index contributed by atoms with van der Waals surface area (Å²) in [6.45, 7) is 4.69. The first-order chi connectivity index (χ1) is 11.4. The lowest BCUT2D eigenvalue weighted by Gasteiger charge is -2.21. The van der Waals surface area contributed by atoms with E-state index in [1.54, 1.807) is 24.3 Å². The number of carbonyl (C=O) groups is 3. The van der Waals surface area contributed by atoms with E-state index in [1.807, 2.05) is 31.2 Å². The SMILES string of the molecule is CC(=O)c1ccc(N(CC(=O)Nc2ccccc2C)C(C)=O)cc1. The van der Waals surface area contributed by atoms with Gasteiger partial charge in [0.05, 0.1) is 0 Å². The van der Waals surface area contributed by atoms with Crippen molar-refractivity contribution in [1.29, 1.82) is 0 Å². The van der Waals surface area contributed by atoms with E-state index in [0.29, 0.717) is 11.3 Å². The third-order valence-corrected chi connectivity index (χ3v) is 3.69. The van der Waals surface area contributed by atoms with Gasteiger partial charge in [-0.2, -0.15) is 0 Å². The van der Waals surface area contributed by atoms with E-state index in [0.717, 1.165) is 11.3 Å². The molecular formula is C19H20N2O3. The maximum absolute atomic E-state index is 12.3. The summed E-state index contributed by atoms with van der Waals surface area (Å²) < 4.78 is 0. The number of hydrogen-bond acceptors (Lipinski definition) is 3. The Hall–Kier alpha value is -2.95. The van der Waals surface area contributed by atoms with Crippen LogP contribution in [0.1, 0.15) is 29.8 Å². The van der Waals surface area contributed by atoms with Gasteiger partial charge in [0.25, 0.3) is 0 Å². The minimum atomic E-state index is -0.282. The van der Waals surface area contributed by atoms with E-state index in [4.69, 9.17) is 0 Å². The summed E-state index contributed by atoms with van der Waals surface area (Å²) in [7, 11) is 0. The van der Waals surface area contributed by atoms with Crippen molar-refractivity contribution < 1.29 is 14.4 Å². The van der Waals surface area contributed by atoms with E-state index in [-0.39, 0.29) is 24.1 Å². The topological polar surface area (TPSA) is 66.5 Å². The number of nitrogens with zero attached hydrogens (tertiary/aromatic N) is 1. The number of anilines is 2. The van der Waals surface area contributed by atoms with Gasteiger partial charge in [-0.25, -0.2) is 0 Å². The molecule has 2 amide bonds. The Morgan fingerprint density at radius 2 is 1.58 bits per heavy atom. The van der Waals surface area contributed by atoms with Crippen LogP contribution in [0.25, 0.3) is 0 Å². The van der Waals surface area contributed by atoms with Gasteiger partial charge in [0.2, 0.25) is 11.8 Å². The molecule has 0 aliphatic rings. The number of hydrogen-bond donors (Lipinski definition) is 1. The molecule has 0 heterocycles. The number of amides is 2. The predicted molar refractivity (Wildman–Crippen MR) is 94.3 cm³/mol. The molecule has 124 valence electrons. The fourth-order valence-corrected chi connectivity index (χ4v) is 2.31. The van der Waals surface area contributed by atoms with Gasteiger partial charge >= 0.3 is 0 Å². The molecule has 0 fully saturated rings. The van der Waals surface area contributed by atoms with Crippen LogP contribution < -0.4 is 10.2 Å². The molecule has 5 heteroatoms. The molecule has 1 N–H and O–H groups in total. The number of nitrogens with one attached hydrogen (secondary N) is 1. The highest BCUT2D eigenvalue weighted by Crippen LogP contribution is 2.17. The number of rotatable bonds is 5. The first-order valence-electron chi connectivity index (χ1n) is 7.63. The maximum atomic E-state index is 12.3. The van der Waals surface area contributed by atoms with Gasteiger partial charge in [0.15, 0.2) is 5.78 Å². The molecule has 5 nitrogen and oxygen atoms in total. The quantitative estimate of drug-likeness (QED) is 0.859. The Kier molecular flexibility index (Phi) is 5.47. The first kappa shape index (κ1) is 17.4. The van der Waals surface area contributed by atoms with Gasteiger partial charge in [0.1, 0.15) is 6.54 Å². The van der Waals surface area contributed by atoms with Crippen LogP contribution in [0.3, 0.4) is 0 Å². The fourth-order valence-electron chi connectivity index (χ4n) is 2.31. The van der Waals surface area contributed by atoms with Crippen LogP contribution in [-0.2, 0) is 9.59 Å². The van der Waals surface area contributed by atoms with E-state index < -0.39 is 0 Å². The lowest BCUT2D eigenvalue weighted by Crippen LogP contribution is -2.36. The van der Waals surface area contributed by atoms with E-state index in [1.165, 1.54) is 18.7 Å². The van der Waals surface area contributed by atoms with Crippen molar-refractivity contribution in [3.05, 3.63) is 59.7 Å². The molecule has 24 heavy (non-hydrogen) atoms. The van der Waals surface area contributed by atoms with E-state index in [9.17, 15) is 14.4 Å². The molecule has 0 aromatic heterocycles. The Bertz CT molecular complexity index is 766. The summed E-state index contributed by atoms with van der Waals surface area (Å²) in [5, 5.41) is 2.81. The molecule has 2 aromatic carbocycles. The summed E-state index contributed by atoms with van der Waals surface area (Å²) in [5.74, 6) is -0.575. The van der Waals surface area contributed by atoms with E-state index >= 15 is 0 Å². The highest BCUT2D eigenvalue weighted by molar-refractivity contribution is 6.02. The zero-order valence-electron chi connectivity index (χ0n) is 14.0. The molecule has 0 radical (unpaired) electrons. The van der Waals surface area contributed by atoms with Crippen LogP contribution in [0.2, 0.25) is 0 Å². The fraction of sp³-hybridized carbons (Fsp3) is 0.211. The van der Waals surface area contributed by atoms with Crippen LogP contribution in [0.15, 0.2) is 48.5 Å². The molecular weight excluding hydrogens is 304 g/mol. The van der Waals surface area contributed by atoms with Crippen LogP contribution in [0.4, 0.5) is 11.4 Å². The van der Waals surface area contributed by atoms with Gasteiger partial charge in [0, 0.05) is 23.9 Å². The van der Waals surface area contributed by atoms with Crippen LogP contribution in [-0.4, -0.2) is 24.1 Å². The maximum Gasteiger partial charge on any atom is 0.244 e. The number of para-hydroxylation sites is 1. The zero-order chi connectivity index (χ0) is 17.7. The number of carbonyl (C=O) groups excluding carboxylic acids is 3. The summed E-state index contributed by atoms with van der Waals surface area (Å²) in [5.41, 5.74) is 2.81. The van der Waals surface area contributed by atoms with Gasteiger partial charge in [-0.1, -0.05) is 18.2 Å². The lowest BCUT2D eigenvalue weighted by molar-refractivity contribution is -0.120. The van der Waals surface area contributed by atoms with Crippen molar-refractivity contribution in [1.82, 2.24) is 0 Å². The van der Waals surface area contributed by atoms with Crippen molar-refractivity contribution in [2.45, 2.75) is 20.8 Å². The molecule has 0 aliphatic carbocycles. The van der Waals surface area contributed by atoms with Crippen LogP contribution >= 0.6 is 0 Å². The second-order valence-electron chi connectivity index (χ2n) is 5.57. The molecule has 0 saturated heterocycles. The Labute approximate surface area is 141 Å². The molecule has 2 aromatic rings. The molecule has 0 unspecified atom stereocenters. The second-order valence-corrected chi connectivity index (χ2v) is 5.57. The van der Waals surface area contributed by atoms with Gasteiger partial charge < -0.3 is 10.2 Å². The first-order valence-corrected chi connectivity index (χ1v) is 7.63. The average Bonchev–Trinajstić information content (AvgIpc) is 2.54. The van der Waals surface area contributed by atoms with Gasteiger partial charge in [-0.15, -0.1) is 0 Å². The highest BCUT2D eigenvalue weighted by Gasteiger charge is 2.16. The second kappa shape index (κ2) is 7.55. The molecule has 0 spiro atoms. The van der Waals surface area contributed by atoms with Crippen molar-refractivity contribution >= 4 is 29.0 Å². The van der Waals surface area contributed by atoms with Crippen LogP contribution in [0.5, 0.6) is 0 Å². The Balaban J connectivity index is 2.13. The third-order valence-electron chi connectivity index (χ3n) is 3.69.